The maximum atomic E-state index is 12.5. The van der Waals surface area contributed by atoms with Gasteiger partial charge in [-0.15, -0.1) is 11.3 Å². The predicted octanol–water partition coefficient (Wildman–Crippen LogP) is 1.50. The summed E-state index contributed by atoms with van der Waals surface area (Å²) in [5.74, 6) is 0.136. The van der Waals surface area contributed by atoms with E-state index in [0.29, 0.717) is 6.54 Å². The Bertz CT molecular complexity index is 439. The molecular weight excluding hydrogens is 260 g/mol. The van der Waals surface area contributed by atoms with Crippen LogP contribution in [0.25, 0.3) is 0 Å². The van der Waals surface area contributed by atoms with Gasteiger partial charge in [-0.3, -0.25) is 9.69 Å². The second-order valence-corrected chi connectivity index (χ2v) is 6.50. The second kappa shape index (κ2) is 6.03. The van der Waals surface area contributed by atoms with Gasteiger partial charge in [-0.2, -0.15) is 0 Å². The smallest absolute Gasteiger partial charge is 0.264 e. The number of carbonyl (C=O) groups is 1. The number of carbonyl (C=O) groups excluding carboxylic acids is 1. The minimum Gasteiger partial charge on any atom is -0.396 e. The number of hydrogen-bond acceptors (Lipinski definition) is 4. The number of aliphatic hydroxyl groups excluding tert-OH is 1. The molecule has 5 heteroatoms. The Hall–Kier alpha value is -0.910. The van der Waals surface area contributed by atoms with E-state index in [1.165, 1.54) is 10.4 Å². The maximum absolute atomic E-state index is 12.5. The summed E-state index contributed by atoms with van der Waals surface area (Å²) in [6.45, 7) is 6.63. The fourth-order valence-corrected chi connectivity index (χ4v) is 3.43. The number of likely N-dealkylation sites (N-methyl/N-ethyl adjacent to an activating group) is 1. The third kappa shape index (κ3) is 3.16. The fourth-order valence-electron chi connectivity index (χ4n) is 2.43. The van der Waals surface area contributed by atoms with Gasteiger partial charge in [0.2, 0.25) is 0 Å². The van der Waals surface area contributed by atoms with E-state index in [1.807, 2.05) is 17.9 Å². The van der Waals surface area contributed by atoms with Gasteiger partial charge in [0.05, 0.1) is 4.88 Å². The van der Waals surface area contributed by atoms with Crippen LogP contribution in [0.2, 0.25) is 0 Å². The maximum Gasteiger partial charge on any atom is 0.264 e. The molecule has 0 aromatic carbocycles. The number of aliphatic hydroxyl groups is 1. The predicted molar refractivity (Wildman–Crippen MR) is 77.8 cm³/mol. The van der Waals surface area contributed by atoms with Gasteiger partial charge in [0.1, 0.15) is 0 Å². The highest BCUT2D eigenvalue weighted by atomic mass is 32.1. The molecular formula is C14H22N2O2S. The molecule has 1 amide bonds. The molecule has 1 N–H and O–H groups in total. The van der Waals surface area contributed by atoms with Gasteiger partial charge in [0.15, 0.2) is 0 Å². The van der Waals surface area contributed by atoms with Crippen molar-refractivity contribution in [1.82, 2.24) is 9.80 Å². The Morgan fingerprint density at radius 3 is 2.79 bits per heavy atom. The molecule has 0 radical (unpaired) electrons. The Labute approximate surface area is 118 Å². The third-order valence-electron chi connectivity index (χ3n) is 3.90. The van der Waals surface area contributed by atoms with Crippen molar-refractivity contribution in [3.63, 3.8) is 0 Å². The molecule has 106 valence electrons. The molecule has 1 saturated heterocycles. The summed E-state index contributed by atoms with van der Waals surface area (Å²) >= 11 is 1.58. The van der Waals surface area contributed by atoms with Gasteiger partial charge >= 0.3 is 0 Å². The molecule has 1 aliphatic rings. The van der Waals surface area contributed by atoms with Crippen LogP contribution in [-0.2, 0) is 0 Å². The van der Waals surface area contributed by atoms with E-state index < -0.39 is 0 Å². The Morgan fingerprint density at radius 2 is 2.21 bits per heavy atom. The van der Waals surface area contributed by atoms with Gasteiger partial charge in [-0.05, 0) is 38.9 Å². The largest absolute Gasteiger partial charge is 0.396 e. The van der Waals surface area contributed by atoms with Gasteiger partial charge < -0.3 is 10.0 Å². The first-order valence-electron chi connectivity index (χ1n) is 6.70. The molecule has 1 atom stereocenters. The number of piperazine rings is 1. The van der Waals surface area contributed by atoms with E-state index in [9.17, 15) is 4.79 Å². The van der Waals surface area contributed by atoms with Crippen LogP contribution >= 0.6 is 11.3 Å². The first kappa shape index (κ1) is 14.5. The highest BCUT2D eigenvalue weighted by molar-refractivity contribution is 7.14. The van der Waals surface area contributed by atoms with Crippen LogP contribution in [0.15, 0.2) is 6.07 Å². The Morgan fingerprint density at radius 1 is 1.47 bits per heavy atom. The zero-order valence-electron chi connectivity index (χ0n) is 11.8. The van der Waals surface area contributed by atoms with Crippen LogP contribution in [0, 0.1) is 13.8 Å². The second-order valence-electron chi connectivity index (χ2n) is 5.25. The van der Waals surface area contributed by atoms with Crippen molar-refractivity contribution >= 4 is 17.2 Å². The molecule has 2 heterocycles. The SMILES string of the molecule is Cc1cc(C(=O)N2CCN(C)[C@@H](CCO)C2)sc1C. The molecule has 0 saturated carbocycles. The standard InChI is InChI=1S/C14H22N2O2S/c1-10-8-13(19-11(10)2)14(18)16-6-5-15(3)12(9-16)4-7-17/h8,12,17H,4-7,9H2,1-3H3/t12-/m0/s1. The minimum absolute atomic E-state index is 0.136. The van der Waals surface area contributed by atoms with Crippen LogP contribution in [-0.4, -0.2) is 60.1 Å². The summed E-state index contributed by atoms with van der Waals surface area (Å²) in [5.41, 5.74) is 1.19. The van der Waals surface area contributed by atoms with Crippen LogP contribution in [0.5, 0.6) is 0 Å². The van der Waals surface area contributed by atoms with Gasteiger partial charge in [0, 0.05) is 37.2 Å². The average Bonchev–Trinajstić information content (AvgIpc) is 2.72. The van der Waals surface area contributed by atoms with E-state index in [0.717, 1.165) is 24.4 Å². The molecule has 0 unspecified atom stereocenters. The summed E-state index contributed by atoms with van der Waals surface area (Å²) in [7, 11) is 2.06. The number of thiophene rings is 1. The molecule has 1 fully saturated rings. The summed E-state index contributed by atoms with van der Waals surface area (Å²) in [6.07, 6.45) is 0.725. The van der Waals surface area contributed by atoms with Gasteiger partial charge in [0.25, 0.3) is 5.91 Å². The molecule has 19 heavy (non-hydrogen) atoms. The van der Waals surface area contributed by atoms with E-state index in [4.69, 9.17) is 5.11 Å². The number of aryl methyl sites for hydroxylation is 2. The van der Waals surface area contributed by atoms with E-state index >= 15 is 0 Å². The molecule has 1 aromatic rings. The monoisotopic (exact) mass is 282 g/mol. The summed E-state index contributed by atoms with van der Waals surface area (Å²) in [5, 5.41) is 9.09. The fraction of sp³-hybridized carbons (Fsp3) is 0.643. The van der Waals surface area contributed by atoms with Crippen LogP contribution in [0.4, 0.5) is 0 Å². The van der Waals surface area contributed by atoms with Crippen LogP contribution < -0.4 is 0 Å². The lowest BCUT2D eigenvalue weighted by atomic mass is 10.1. The Kier molecular flexibility index (Phi) is 4.60. The van der Waals surface area contributed by atoms with Crippen molar-refractivity contribution in [2.75, 3.05) is 33.3 Å². The summed E-state index contributed by atoms with van der Waals surface area (Å²) in [4.78, 5) is 18.7. The summed E-state index contributed by atoms with van der Waals surface area (Å²) in [6, 6.07) is 2.26. The quantitative estimate of drug-likeness (QED) is 0.914. The summed E-state index contributed by atoms with van der Waals surface area (Å²) < 4.78 is 0. The van der Waals surface area contributed by atoms with E-state index in [1.54, 1.807) is 11.3 Å². The topological polar surface area (TPSA) is 43.8 Å². The van der Waals surface area contributed by atoms with Crippen LogP contribution in [0.1, 0.15) is 26.5 Å². The lowest BCUT2D eigenvalue weighted by Gasteiger charge is -2.39. The van der Waals surface area contributed by atoms with Gasteiger partial charge in [-0.1, -0.05) is 0 Å². The van der Waals surface area contributed by atoms with Crippen molar-refractivity contribution in [2.24, 2.45) is 0 Å². The third-order valence-corrected chi connectivity index (χ3v) is 5.04. The zero-order valence-corrected chi connectivity index (χ0v) is 12.7. The molecule has 1 aromatic heterocycles. The van der Waals surface area contributed by atoms with Crippen molar-refractivity contribution in [3.8, 4) is 0 Å². The van der Waals surface area contributed by atoms with E-state index in [-0.39, 0.29) is 18.6 Å². The molecule has 2 rings (SSSR count). The molecule has 0 spiro atoms. The number of rotatable bonds is 3. The molecule has 0 aliphatic carbocycles. The van der Waals surface area contributed by atoms with Crippen molar-refractivity contribution in [1.29, 1.82) is 0 Å². The van der Waals surface area contributed by atoms with Crippen molar-refractivity contribution < 1.29 is 9.90 Å². The molecule has 4 nitrogen and oxygen atoms in total. The van der Waals surface area contributed by atoms with Gasteiger partial charge in [-0.25, -0.2) is 0 Å². The van der Waals surface area contributed by atoms with E-state index in [2.05, 4.69) is 18.9 Å². The lowest BCUT2D eigenvalue weighted by molar-refractivity contribution is 0.0505. The molecule has 0 bridgehead atoms. The minimum atomic E-state index is 0.136. The highest BCUT2D eigenvalue weighted by Crippen LogP contribution is 2.23. The number of nitrogens with zero attached hydrogens (tertiary/aromatic N) is 2. The zero-order chi connectivity index (χ0) is 14.0. The number of amides is 1. The Balaban J connectivity index is 2.07. The molecule has 1 aliphatic heterocycles. The first-order chi connectivity index (χ1) is 9.02. The first-order valence-corrected chi connectivity index (χ1v) is 7.52. The van der Waals surface area contributed by atoms with Crippen molar-refractivity contribution in [3.05, 3.63) is 21.4 Å². The highest BCUT2D eigenvalue weighted by Gasteiger charge is 2.28. The average molecular weight is 282 g/mol. The van der Waals surface area contributed by atoms with Crippen LogP contribution in [0.3, 0.4) is 0 Å². The lowest BCUT2D eigenvalue weighted by Crippen LogP contribution is -2.53. The van der Waals surface area contributed by atoms with Crippen molar-refractivity contribution in [2.45, 2.75) is 26.3 Å². The normalized spacial score (nSPS) is 20.8. The number of hydrogen-bond donors (Lipinski definition) is 1.